The number of esters is 4. The molecule has 5 atom stereocenters. The van der Waals surface area contributed by atoms with Crippen LogP contribution < -0.4 is 0 Å². The lowest BCUT2D eigenvalue weighted by Gasteiger charge is -2.43. The molecule has 0 aromatic heterocycles. The zero-order chi connectivity index (χ0) is 18.4. The van der Waals surface area contributed by atoms with E-state index in [0.717, 1.165) is 27.7 Å². The third-order valence-electron chi connectivity index (χ3n) is 2.96. The third kappa shape index (κ3) is 5.46. The van der Waals surface area contributed by atoms with Crippen molar-refractivity contribution in [2.45, 2.75) is 58.4 Å². The van der Waals surface area contributed by atoms with Crippen molar-refractivity contribution >= 4 is 23.9 Å². The fourth-order valence-electron chi connectivity index (χ4n) is 2.26. The van der Waals surface area contributed by atoms with Gasteiger partial charge < -0.3 is 28.8 Å². The summed E-state index contributed by atoms with van der Waals surface area (Å²) in [5.41, 5.74) is 0. The fraction of sp³-hybridized carbons (Fsp3) is 0.714. The highest BCUT2D eigenvalue weighted by molar-refractivity contribution is 5.69. The average Bonchev–Trinajstić information content (AvgIpc) is 2.42. The van der Waals surface area contributed by atoms with Crippen molar-refractivity contribution in [3.63, 3.8) is 0 Å². The highest BCUT2D eigenvalue weighted by Crippen LogP contribution is 2.29. The van der Waals surface area contributed by atoms with E-state index in [-0.39, 0.29) is 0 Å². The molecule has 0 amide bonds. The van der Waals surface area contributed by atoms with Crippen LogP contribution in [-0.4, -0.2) is 66.3 Å². The summed E-state index contributed by atoms with van der Waals surface area (Å²) >= 11 is 0. The second kappa shape index (κ2) is 8.60. The maximum atomic E-state index is 11.4. The first-order valence-electron chi connectivity index (χ1n) is 7.11. The Morgan fingerprint density at radius 2 is 1.17 bits per heavy atom. The van der Waals surface area contributed by atoms with Crippen LogP contribution in [0.25, 0.3) is 0 Å². The van der Waals surface area contributed by atoms with E-state index in [2.05, 4.69) is 0 Å². The zero-order valence-electron chi connectivity index (χ0n) is 13.7. The minimum Gasteiger partial charge on any atom is -0.456 e. The smallest absolute Gasteiger partial charge is 0.305 e. The average molecular weight is 348 g/mol. The van der Waals surface area contributed by atoms with Gasteiger partial charge in [-0.15, -0.1) is 0 Å². The van der Waals surface area contributed by atoms with Crippen LogP contribution in [0.1, 0.15) is 27.7 Å². The van der Waals surface area contributed by atoms with Gasteiger partial charge in [0.1, 0.15) is 6.10 Å². The van der Waals surface area contributed by atoms with E-state index in [0.29, 0.717) is 0 Å². The summed E-state index contributed by atoms with van der Waals surface area (Å²) in [4.78, 5) is 45.3. The van der Waals surface area contributed by atoms with Crippen molar-refractivity contribution in [3.8, 4) is 0 Å². The molecular formula is C14H20O10. The summed E-state index contributed by atoms with van der Waals surface area (Å²) in [6, 6.07) is 0. The summed E-state index contributed by atoms with van der Waals surface area (Å²) in [6.45, 7) is 3.77. The number of ether oxygens (including phenoxy) is 5. The second-order valence-electron chi connectivity index (χ2n) is 5.06. The van der Waals surface area contributed by atoms with Gasteiger partial charge in [-0.1, -0.05) is 0 Å². The number of carbonyl (C=O) groups excluding carboxylic acids is 4. The Kier molecular flexibility index (Phi) is 7.11. The Morgan fingerprint density at radius 3 is 1.58 bits per heavy atom. The first kappa shape index (κ1) is 19.8. The first-order chi connectivity index (χ1) is 11.1. The van der Waals surface area contributed by atoms with E-state index >= 15 is 0 Å². The van der Waals surface area contributed by atoms with Crippen LogP contribution in [0, 0.1) is 0 Å². The van der Waals surface area contributed by atoms with Crippen molar-refractivity contribution in [2.75, 3.05) is 6.61 Å². The van der Waals surface area contributed by atoms with Crippen LogP contribution in [0.5, 0.6) is 0 Å². The summed E-state index contributed by atoms with van der Waals surface area (Å²) in [7, 11) is 0. The van der Waals surface area contributed by atoms with Crippen LogP contribution in [0.2, 0.25) is 0 Å². The van der Waals surface area contributed by atoms with E-state index < -0.39 is 61.2 Å². The summed E-state index contributed by atoms with van der Waals surface area (Å²) in [6.07, 6.45) is -6.56. The molecule has 136 valence electrons. The molecule has 1 heterocycles. The highest BCUT2D eigenvalue weighted by atomic mass is 16.7. The number of rotatable bonds is 5. The summed E-state index contributed by atoms with van der Waals surface area (Å²) in [5, 5.41) is 9.44. The van der Waals surface area contributed by atoms with Crippen LogP contribution in [0.4, 0.5) is 0 Å². The van der Waals surface area contributed by atoms with Gasteiger partial charge in [0.05, 0.1) is 6.61 Å². The van der Waals surface area contributed by atoms with Crippen LogP contribution in [0.3, 0.4) is 0 Å². The number of hydrogen-bond donors (Lipinski definition) is 1. The minimum absolute atomic E-state index is 0.625. The Hall–Kier alpha value is -2.20. The van der Waals surface area contributed by atoms with Gasteiger partial charge in [-0.2, -0.15) is 0 Å². The van der Waals surface area contributed by atoms with Crippen molar-refractivity contribution in [2.24, 2.45) is 0 Å². The molecule has 1 fully saturated rings. The quantitative estimate of drug-likeness (QED) is 0.490. The third-order valence-corrected chi connectivity index (χ3v) is 2.96. The summed E-state index contributed by atoms with van der Waals surface area (Å²) < 4.78 is 25.4. The maximum absolute atomic E-state index is 11.4. The molecule has 1 saturated heterocycles. The molecule has 0 aliphatic carbocycles. The molecule has 1 rings (SSSR count). The lowest BCUT2D eigenvalue weighted by atomic mass is 9.98. The first-order valence-corrected chi connectivity index (χ1v) is 7.11. The predicted molar refractivity (Wildman–Crippen MR) is 74.2 cm³/mol. The molecule has 0 aromatic rings. The minimum atomic E-state index is -1.44. The van der Waals surface area contributed by atoms with Gasteiger partial charge >= 0.3 is 23.9 Å². The van der Waals surface area contributed by atoms with Gasteiger partial charge in [0.2, 0.25) is 12.4 Å². The molecule has 10 heteroatoms. The zero-order valence-corrected chi connectivity index (χ0v) is 13.7. The molecule has 1 aliphatic heterocycles. The molecule has 0 saturated carbocycles. The standard InChI is InChI=1S/C14H20O10/c1-6(16)20-11-10(5-15)24-14(23-9(4)19)13(22-8(3)18)12(11)21-7(2)17/h10-15H,5H2,1-4H3/t10-,11?,12+,13-,14?/m1/s1. The SMILES string of the molecule is CC(=O)OC1O[C@H](CO)C(OC(C)=O)[C@H](OC(C)=O)[C@H]1OC(C)=O. The Morgan fingerprint density at radius 1 is 0.750 bits per heavy atom. The molecule has 0 aromatic carbocycles. The number of hydrogen-bond acceptors (Lipinski definition) is 10. The molecule has 24 heavy (non-hydrogen) atoms. The van der Waals surface area contributed by atoms with E-state index in [1.54, 1.807) is 0 Å². The number of aliphatic hydroxyl groups excluding tert-OH is 1. The molecule has 10 nitrogen and oxygen atoms in total. The molecular weight excluding hydrogens is 328 g/mol. The van der Waals surface area contributed by atoms with Crippen LogP contribution in [0.15, 0.2) is 0 Å². The van der Waals surface area contributed by atoms with Crippen molar-refractivity contribution in [1.82, 2.24) is 0 Å². The van der Waals surface area contributed by atoms with Crippen LogP contribution in [-0.2, 0) is 42.9 Å². The van der Waals surface area contributed by atoms with Crippen molar-refractivity contribution < 1.29 is 48.0 Å². The van der Waals surface area contributed by atoms with Gasteiger partial charge in [0, 0.05) is 27.7 Å². The van der Waals surface area contributed by atoms with Gasteiger partial charge in [-0.05, 0) is 0 Å². The Balaban J connectivity index is 3.23. The second-order valence-corrected chi connectivity index (χ2v) is 5.06. The van der Waals surface area contributed by atoms with E-state index in [4.69, 9.17) is 23.7 Å². The molecule has 0 radical (unpaired) electrons. The normalized spacial score (nSPS) is 29.3. The van der Waals surface area contributed by atoms with Crippen molar-refractivity contribution in [1.29, 1.82) is 0 Å². The molecule has 0 bridgehead atoms. The maximum Gasteiger partial charge on any atom is 0.305 e. The lowest BCUT2D eigenvalue weighted by Crippen LogP contribution is -2.62. The van der Waals surface area contributed by atoms with E-state index in [1.165, 1.54) is 0 Å². The van der Waals surface area contributed by atoms with Gasteiger partial charge in [0.25, 0.3) is 0 Å². The highest BCUT2D eigenvalue weighted by Gasteiger charge is 2.53. The van der Waals surface area contributed by atoms with Gasteiger partial charge in [0.15, 0.2) is 12.2 Å². The largest absolute Gasteiger partial charge is 0.456 e. The molecule has 2 unspecified atom stereocenters. The predicted octanol–water partition coefficient (Wildman–Crippen LogP) is -0.938. The number of carbonyl (C=O) groups is 4. The molecule has 1 N–H and O–H groups in total. The van der Waals surface area contributed by atoms with E-state index in [1.807, 2.05) is 0 Å². The van der Waals surface area contributed by atoms with Gasteiger partial charge in [-0.3, -0.25) is 19.2 Å². The van der Waals surface area contributed by atoms with Gasteiger partial charge in [-0.25, -0.2) is 0 Å². The molecule has 0 spiro atoms. The molecule has 1 aliphatic rings. The Labute approximate surface area is 137 Å². The Bertz CT molecular complexity index is 502. The lowest BCUT2D eigenvalue weighted by molar-refractivity contribution is -0.299. The topological polar surface area (TPSA) is 135 Å². The monoisotopic (exact) mass is 348 g/mol. The fourth-order valence-corrected chi connectivity index (χ4v) is 2.26. The van der Waals surface area contributed by atoms with E-state index in [9.17, 15) is 24.3 Å². The number of aliphatic hydroxyl groups is 1. The van der Waals surface area contributed by atoms with Crippen LogP contribution >= 0.6 is 0 Å². The summed E-state index contributed by atoms with van der Waals surface area (Å²) in [5.74, 6) is -3.00. The van der Waals surface area contributed by atoms with Crippen molar-refractivity contribution in [3.05, 3.63) is 0 Å².